The standard InChI is InChI=1S/C22H27ClFN3O2/c1-15-3-5-18(21(9-15)29-14-17-7-8-28-13-17)12-27-22(25-2)26-11-16-4-6-20(24)19(23)10-16/h3-6,9-10,17H,7-8,11-14H2,1-2H3,(H2,25,26,27). The van der Waals surface area contributed by atoms with Crippen LogP contribution in [-0.2, 0) is 17.8 Å². The molecule has 1 aliphatic rings. The number of guanidine groups is 1. The van der Waals surface area contributed by atoms with Crippen molar-refractivity contribution in [1.29, 1.82) is 0 Å². The van der Waals surface area contributed by atoms with Gasteiger partial charge in [0.2, 0.25) is 0 Å². The topological polar surface area (TPSA) is 54.9 Å². The monoisotopic (exact) mass is 419 g/mol. The van der Waals surface area contributed by atoms with Crippen molar-refractivity contribution in [2.75, 3.05) is 26.9 Å². The molecule has 3 rings (SSSR count). The van der Waals surface area contributed by atoms with E-state index in [9.17, 15) is 4.39 Å². The van der Waals surface area contributed by atoms with E-state index in [0.29, 0.717) is 31.6 Å². The zero-order valence-corrected chi connectivity index (χ0v) is 17.6. The van der Waals surface area contributed by atoms with Gasteiger partial charge in [-0.1, -0.05) is 29.8 Å². The van der Waals surface area contributed by atoms with Crippen molar-refractivity contribution < 1.29 is 13.9 Å². The minimum Gasteiger partial charge on any atom is -0.493 e. The first-order chi connectivity index (χ1) is 14.0. The van der Waals surface area contributed by atoms with Gasteiger partial charge in [0.1, 0.15) is 11.6 Å². The Morgan fingerprint density at radius 3 is 2.79 bits per heavy atom. The lowest BCUT2D eigenvalue weighted by atomic mass is 10.1. The Morgan fingerprint density at radius 2 is 2.07 bits per heavy atom. The van der Waals surface area contributed by atoms with Gasteiger partial charge in [-0.3, -0.25) is 4.99 Å². The van der Waals surface area contributed by atoms with Crippen LogP contribution in [0.5, 0.6) is 5.75 Å². The third-order valence-electron chi connectivity index (χ3n) is 4.84. The van der Waals surface area contributed by atoms with Crippen LogP contribution in [0.1, 0.15) is 23.1 Å². The van der Waals surface area contributed by atoms with Crippen LogP contribution in [0, 0.1) is 18.7 Å². The smallest absolute Gasteiger partial charge is 0.191 e. The molecule has 0 saturated carbocycles. The van der Waals surface area contributed by atoms with E-state index in [1.54, 1.807) is 19.2 Å². The van der Waals surface area contributed by atoms with Crippen LogP contribution in [0.15, 0.2) is 41.4 Å². The van der Waals surface area contributed by atoms with Gasteiger partial charge >= 0.3 is 0 Å². The molecule has 0 bridgehead atoms. The maximum Gasteiger partial charge on any atom is 0.191 e. The van der Waals surface area contributed by atoms with Crippen molar-refractivity contribution in [2.24, 2.45) is 10.9 Å². The molecule has 0 radical (unpaired) electrons. The summed E-state index contributed by atoms with van der Waals surface area (Å²) in [5.74, 6) is 1.55. The van der Waals surface area contributed by atoms with Crippen molar-refractivity contribution in [3.8, 4) is 5.75 Å². The minimum atomic E-state index is -0.422. The van der Waals surface area contributed by atoms with E-state index in [2.05, 4.69) is 40.7 Å². The summed E-state index contributed by atoms with van der Waals surface area (Å²) in [6.45, 7) is 5.35. The molecule has 1 atom stereocenters. The molecular formula is C22H27ClFN3O2. The number of rotatable bonds is 7. The molecule has 1 unspecified atom stereocenters. The Labute approximate surface area is 176 Å². The van der Waals surface area contributed by atoms with Crippen molar-refractivity contribution in [1.82, 2.24) is 10.6 Å². The molecule has 1 aliphatic heterocycles. The van der Waals surface area contributed by atoms with E-state index in [4.69, 9.17) is 21.1 Å². The molecule has 2 aromatic carbocycles. The number of benzene rings is 2. The van der Waals surface area contributed by atoms with Crippen LogP contribution < -0.4 is 15.4 Å². The normalized spacial score (nSPS) is 16.7. The van der Waals surface area contributed by atoms with Crippen molar-refractivity contribution in [3.05, 3.63) is 63.9 Å². The predicted molar refractivity (Wildman–Crippen MR) is 114 cm³/mol. The number of halogens is 2. The van der Waals surface area contributed by atoms with Gasteiger partial charge in [0, 0.05) is 38.2 Å². The summed E-state index contributed by atoms with van der Waals surface area (Å²) in [5.41, 5.74) is 3.09. The van der Waals surface area contributed by atoms with Crippen molar-refractivity contribution in [3.63, 3.8) is 0 Å². The fraction of sp³-hybridized carbons (Fsp3) is 0.409. The molecule has 1 heterocycles. The Hall–Kier alpha value is -2.31. The SMILES string of the molecule is CN=C(NCc1ccc(F)c(Cl)c1)NCc1ccc(C)cc1OCC1CCOC1. The molecule has 0 spiro atoms. The summed E-state index contributed by atoms with van der Waals surface area (Å²) >= 11 is 5.84. The third kappa shape index (κ3) is 6.34. The number of ether oxygens (including phenoxy) is 2. The molecule has 0 aliphatic carbocycles. The van der Waals surface area contributed by atoms with E-state index in [-0.39, 0.29) is 5.02 Å². The molecule has 29 heavy (non-hydrogen) atoms. The lowest BCUT2D eigenvalue weighted by molar-refractivity contribution is 0.166. The maximum absolute atomic E-state index is 13.3. The van der Waals surface area contributed by atoms with Gasteiger partial charge in [-0.2, -0.15) is 0 Å². The first kappa shape index (κ1) is 21.4. The second kappa shape index (κ2) is 10.5. The quantitative estimate of drug-likeness (QED) is 0.524. The van der Waals surface area contributed by atoms with Crippen LogP contribution in [-0.4, -0.2) is 32.8 Å². The summed E-state index contributed by atoms with van der Waals surface area (Å²) in [4.78, 5) is 4.24. The number of hydrogen-bond donors (Lipinski definition) is 2. The summed E-state index contributed by atoms with van der Waals surface area (Å²) in [6, 6.07) is 10.9. The zero-order valence-electron chi connectivity index (χ0n) is 16.8. The van der Waals surface area contributed by atoms with E-state index in [0.717, 1.165) is 42.1 Å². The second-order valence-corrected chi connectivity index (χ2v) is 7.59. The number of nitrogens with one attached hydrogen (secondary N) is 2. The van der Waals surface area contributed by atoms with Crippen molar-refractivity contribution >= 4 is 17.6 Å². The Kier molecular flexibility index (Phi) is 7.72. The fourth-order valence-electron chi connectivity index (χ4n) is 3.10. The summed E-state index contributed by atoms with van der Waals surface area (Å²) < 4.78 is 24.8. The van der Waals surface area contributed by atoms with Crippen molar-refractivity contribution in [2.45, 2.75) is 26.4 Å². The lowest BCUT2D eigenvalue weighted by Crippen LogP contribution is -2.36. The van der Waals surface area contributed by atoms with Gasteiger partial charge < -0.3 is 20.1 Å². The number of hydrogen-bond acceptors (Lipinski definition) is 3. The second-order valence-electron chi connectivity index (χ2n) is 7.18. The van der Waals surface area contributed by atoms with Crippen LogP contribution in [0.4, 0.5) is 4.39 Å². The third-order valence-corrected chi connectivity index (χ3v) is 5.12. The van der Waals surface area contributed by atoms with Gasteiger partial charge in [0.25, 0.3) is 0 Å². The Balaban J connectivity index is 1.56. The highest BCUT2D eigenvalue weighted by Gasteiger charge is 2.17. The van der Waals surface area contributed by atoms with E-state index < -0.39 is 5.82 Å². The van der Waals surface area contributed by atoms with Gasteiger partial charge in [0.15, 0.2) is 5.96 Å². The molecule has 5 nitrogen and oxygen atoms in total. The molecule has 0 amide bonds. The van der Waals surface area contributed by atoms with E-state index in [1.807, 2.05) is 0 Å². The molecule has 156 valence electrons. The highest BCUT2D eigenvalue weighted by Crippen LogP contribution is 2.22. The molecule has 1 fully saturated rings. The average Bonchev–Trinajstić information content (AvgIpc) is 3.24. The fourth-order valence-corrected chi connectivity index (χ4v) is 3.30. The van der Waals surface area contributed by atoms with Gasteiger partial charge in [-0.15, -0.1) is 0 Å². The first-order valence-electron chi connectivity index (χ1n) is 9.73. The largest absolute Gasteiger partial charge is 0.493 e. The van der Waals surface area contributed by atoms with Crippen LogP contribution >= 0.6 is 11.6 Å². The van der Waals surface area contributed by atoms with E-state index >= 15 is 0 Å². The molecule has 2 N–H and O–H groups in total. The average molecular weight is 420 g/mol. The number of aryl methyl sites for hydroxylation is 1. The minimum absolute atomic E-state index is 0.112. The van der Waals surface area contributed by atoms with Gasteiger partial charge in [-0.05, 0) is 42.7 Å². The van der Waals surface area contributed by atoms with Crippen LogP contribution in [0.2, 0.25) is 5.02 Å². The molecule has 1 saturated heterocycles. The summed E-state index contributed by atoms with van der Waals surface area (Å²) in [6.07, 6.45) is 1.05. The summed E-state index contributed by atoms with van der Waals surface area (Å²) in [5, 5.41) is 6.62. The first-order valence-corrected chi connectivity index (χ1v) is 10.1. The molecule has 0 aromatic heterocycles. The molecule has 2 aromatic rings. The Morgan fingerprint density at radius 1 is 1.24 bits per heavy atom. The highest BCUT2D eigenvalue weighted by atomic mass is 35.5. The Bertz CT molecular complexity index is 854. The van der Waals surface area contributed by atoms with Gasteiger partial charge in [-0.25, -0.2) is 4.39 Å². The van der Waals surface area contributed by atoms with E-state index in [1.165, 1.54) is 6.07 Å². The highest BCUT2D eigenvalue weighted by molar-refractivity contribution is 6.30. The number of nitrogens with zero attached hydrogens (tertiary/aromatic N) is 1. The maximum atomic E-state index is 13.3. The van der Waals surface area contributed by atoms with Crippen LogP contribution in [0.3, 0.4) is 0 Å². The number of aliphatic imine (C=N–C) groups is 1. The van der Waals surface area contributed by atoms with Crippen LogP contribution in [0.25, 0.3) is 0 Å². The molecular weight excluding hydrogens is 393 g/mol. The predicted octanol–water partition coefficient (Wildman–Crippen LogP) is 4.07. The summed E-state index contributed by atoms with van der Waals surface area (Å²) in [7, 11) is 1.71. The lowest BCUT2D eigenvalue weighted by Gasteiger charge is -2.17. The van der Waals surface area contributed by atoms with Gasteiger partial charge in [0.05, 0.1) is 18.2 Å². The molecule has 7 heteroatoms. The zero-order chi connectivity index (χ0) is 20.6.